The van der Waals surface area contributed by atoms with E-state index in [-0.39, 0.29) is 5.91 Å². The van der Waals surface area contributed by atoms with Crippen LogP contribution in [-0.4, -0.2) is 41.1 Å². The van der Waals surface area contributed by atoms with E-state index in [4.69, 9.17) is 0 Å². The van der Waals surface area contributed by atoms with Gasteiger partial charge < -0.3 is 10.2 Å². The third-order valence-corrected chi connectivity index (χ3v) is 3.02. The second-order valence-corrected chi connectivity index (χ2v) is 4.92. The molecule has 2 rings (SSSR count). The van der Waals surface area contributed by atoms with Crippen molar-refractivity contribution in [1.29, 1.82) is 0 Å². The Morgan fingerprint density at radius 3 is 2.53 bits per heavy atom. The molecular weight excluding hydrogens is 216 g/mol. The first-order chi connectivity index (χ1) is 8.06. The third kappa shape index (κ3) is 2.72. The second kappa shape index (κ2) is 4.69. The monoisotopic (exact) mass is 234 g/mol. The lowest BCUT2D eigenvalue weighted by Gasteiger charge is -2.33. The summed E-state index contributed by atoms with van der Waals surface area (Å²) in [5.41, 5.74) is 0.377. The Bertz CT molecular complexity index is 395. The second-order valence-electron chi connectivity index (χ2n) is 4.92. The van der Waals surface area contributed by atoms with Gasteiger partial charge in [0.1, 0.15) is 5.82 Å². The molecule has 5 heteroatoms. The van der Waals surface area contributed by atoms with E-state index in [0.29, 0.717) is 11.7 Å². The molecule has 17 heavy (non-hydrogen) atoms. The van der Waals surface area contributed by atoms with Crippen LogP contribution in [0.25, 0.3) is 0 Å². The fourth-order valence-electron chi connectivity index (χ4n) is 1.98. The quantitative estimate of drug-likeness (QED) is 0.858. The summed E-state index contributed by atoms with van der Waals surface area (Å²) in [5, 5.41) is 11.3. The van der Waals surface area contributed by atoms with Gasteiger partial charge in [-0.25, -0.2) is 0 Å². The minimum Gasteiger partial charge on any atom is -0.366 e. The lowest BCUT2D eigenvalue weighted by molar-refractivity contribution is 0.0821. The van der Waals surface area contributed by atoms with Crippen LogP contribution < -0.4 is 5.32 Å². The molecule has 0 saturated heterocycles. The van der Waals surface area contributed by atoms with Gasteiger partial charge >= 0.3 is 0 Å². The Morgan fingerprint density at radius 1 is 1.35 bits per heavy atom. The first-order valence-corrected chi connectivity index (χ1v) is 5.88. The molecular formula is C12H18N4O. The van der Waals surface area contributed by atoms with Gasteiger partial charge in [0.25, 0.3) is 5.91 Å². The Morgan fingerprint density at radius 2 is 2.06 bits per heavy atom. The van der Waals surface area contributed by atoms with Gasteiger partial charge in [-0.05, 0) is 30.9 Å². The summed E-state index contributed by atoms with van der Waals surface area (Å²) in [6, 6.07) is 4.03. The average molecular weight is 234 g/mol. The zero-order chi connectivity index (χ0) is 12.4. The number of aromatic nitrogens is 2. The number of carbonyl (C=O) groups excluding carboxylic acids is 1. The van der Waals surface area contributed by atoms with Crippen molar-refractivity contribution in [3.8, 4) is 0 Å². The molecule has 0 aromatic carbocycles. The summed E-state index contributed by atoms with van der Waals surface area (Å²) < 4.78 is 0. The van der Waals surface area contributed by atoms with Gasteiger partial charge in [0.15, 0.2) is 5.69 Å². The van der Waals surface area contributed by atoms with E-state index in [2.05, 4.69) is 22.4 Å². The van der Waals surface area contributed by atoms with Crippen LogP contribution in [0, 0.1) is 5.92 Å². The van der Waals surface area contributed by atoms with E-state index in [1.807, 2.05) is 6.07 Å². The molecule has 1 N–H and O–H groups in total. The summed E-state index contributed by atoms with van der Waals surface area (Å²) in [7, 11) is 3.40. The molecule has 1 amide bonds. The van der Waals surface area contributed by atoms with Crippen LogP contribution in [0.3, 0.4) is 0 Å². The molecule has 0 spiro atoms. The molecule has 1 heterocycles. The maximum Gasteiger partial charge on any atom is 0.273 e. The zero-order valence-electron chi connectivity index (χ0n) is 10.5. The molecule has 0 unspecified atom stereocenters. The molecule has 92 valence electrons. The van der Waals surface area contributed by atoms with Crippen LogP contribution in [0.15, 0.2) is 12.1 Å². The highest BCUT2D eigenvalue weighted by Gasteiger charge is 2.25. The highest BCUT2D eigenvalue weighted by atomic mass is 16.2. The van der Waals surface area contributed by atoms with Gasteiger partial charge in [0.05, 0.1) is 0 Å². The topological polar surface area (TPSA) is 58.1 Å². The smallest absolute Gasteiger partial charge is 0.273 e. The fraction of sp³-hybridized carbons (Fsp3) is 0.583. The lowest BCUT2D eigenvalue weighted by Crippen LogP contribution is -2.34. The number of hydrogen-bond donors (Lipinski definition) is 1. The molecule has 0 radical (unpaired) electrons. The van der Waals surface area contributed by atoms with Crippen LogP contribution >= 0.6 is 0 Å². The third-order valence-electron chi connectivity index (χ3n) is 3.02. The summed E-state index contributed by atoms with van der Waals surface area (Å²) in [6.45, 7) is 2.24. The summed E-state index contributed by atoms with van der Waals surface area (Å²) in [4.78, 5) is 13.1. The molecule has 0 bridgehead atoms. The van der Waals surface area contributed by atoms with E-state index in [1.54, 1.807) is 20.2 Å². The van der Waals surface area contributed by atoms with E-state index in [1.165, 1.54) is 17.7 Å². The van der Waals surface area contributed by atoms with Crippen molar-refractivity contribution in [3.05, 3.63) is 17.8 Å². The average Bonchev–Trinajstić information content (AvgIpc) is 2.27. The molecule has 1 saturated carbocycles. The molecule has 1 aliphatic rings. The van der Waals surface area contributed by atoms with Crippen molar-refractivity contribution in [2.75, 3.05) is 19.4 Å². The zero-order valence-corrected chi connectivity index (χ0v) is 10.5. The Labute approximate surface area is 101 Å². The van der Waals surface area contributed by atoms with Gasteiger partial charge in [-0.2, -0.15) is 0 Å². The molecule has 1 aromatic rings. The predicted octanol–water partition coefficient (Wildman–Crippen LogP) is 1.39. The number of nitrogens with one attached hydrogen (secondary N) is 1. The predicted molar refractivity (Wildman–Crippen MR) is 65.9 cm³/mol. The Balaban J connectivity index is 1.96. The van der Waals surface area contributed by atoms with Crippen LogP contribution in [0.1, 0.15) is 30.3 Å². The van der Waals surface area contributed by atoms with Gasteiger partial charge in [-0.1, -0.05) is 6.92 Å². The molecule has 0 aliphatic heterocycles. The van der Waals surface area contributed by atoms with Gasteiger partial charge in [-0.3, -0.25) is 4.79 Å². The van der Waals surface area contributed by atoms with Crippen molar-refractivity contribution in [2.45, 2.75) is 25.8 Å². The van der Waals surface area contributed by atoms with E-state index in [0.717, 1.165) is 11.7 Å². The van der Waals surface area contributed by atoms with Crippen LogP contribution in [-0.2, 0) is 0 Å². The maximum atomic E-state index is 11.6. The summed E-state index contributed by atoms with van der Waals surface area (Å²) in [5.74, 6) is 1.42. The highest BCUT2D eigenvalue weighted by Crippen LogP contribution is 2.28. The number of hydrogen-bond acceptors (Lipinski definition) is 4. The van der Waals surface area contributed by atoms with Crippen molar-refractivity contribution < 1.29 is 4.79 Å². The summed E-state index contributed by atoms with van der Waals surface area (Å²) >= 11 is 0. The fourth-order valence-corrected chi connectivity index (χ4v) is 1.98. The first kappa shape index (κ1) is 11.8. The lowest BCUT2D eigenvalue weighted by atomic mass is 9.82. The van der Waals surface area contributed by atoms with Crippen LogP contribution in [0.2, 0.25) is 0 Å². The number of carbonyl (C=O) groups is 1. The molecule has 5 nitrogen and oxygen atoms in total. The molecule has 0 atom stereocenters. The molecule has 1 aliphatic carbocycles. The Hall–Kier alpha value is -1.65. The number of anilines is 1. The van der Waals surface area contributed by atoms with Crippen LogP contribution in [0.5, 0.6) is 0 Å². The van der Waals surface area contributed by atoms with Gasteiger partial charge in [0.2, 0.25) is 0 Å². The van der Waals surface area contributed by atoms with Crippen molar-refractivity contribution >= 4 is 11.7 Å². The molecule has 1 aromatic heterocycles. The SMILES string of the molecule is CC1CC(Nc2ccc(C(=O)N(C)C)nn2)C1. The highest BCUT2D eigenvalue weighted by molar-refractivity contribution is 5.91. The van der Waals surface area contributed by atoms with E-state index in [9.17, 15) is 4.79 Å². The maximum absolute atomic E-state index is 11.6. The van der Waals surface area contributed by atoms with Crippen molar-refractivity contribution in [2.24, 2.45) is 5.92 Å². The first-order valence-electron chi connectivity index (χ1n) is 5.88. The number of rotatable bonds is 3. The van der Waals surface area contributed by atoms with E-state index >= 15 is 0 Å². The minimum absolute atomic E-state index is 0.124. The van der Waals surface area contributed by atoms with Gasteiger partial charge in [0, 0.05) is 20.1 Å². The van der Waals surface area contributed by atoms with Crippen molar-refractivity contribution in [1.82, 2.24) is 15.1 Å². The van der Waals surface area contributed by atoms with Crippen LogP contribution in [0.4, 0.5) is 5.82 Å². The van der Waals surface area contributed by atoms with E-state index < -0.39 is 0 Å². The standard InChI is InChI=1S/C12H18N4O/c1-8-6-9(7-8)13-11-5-4-10(14-15-11)12(17)16(2)3/h4-5,8-9H,6-7H2,1-3H3,(H,13,15). The number of nitrogens with zero attached hydrogens (tertiary/aromatic N) is 3. The summed E-state index contributed by atoms with van der Waals surface area (Å²) in [6.07, 6.45) is 2.36. The Kier molecular flexibility index (Phi) is 3.26. The number of amides is 1. The normalized spacial score (nSPS) is 22.8. The minimum atomic E-state index is -0.124. The van der Waals surface area contributed by atoms with Crippen molar-refractivity contribution in [3.63, 3.8) is 0 Å². The molecule has 1 fully saturated rings. The van der Waals surface area contributed by atoms with Gasteiger partial charge in [-0.15, -0.1) is 10.2 Å². The largest absolute Gasteiger partial charge is 0.366 e.